The van der Waals surface area contributed by atoms with Gasteiger partial charge in [-0.25, -0.2) is 4.79 Å². The molecule has 3 nitrogen and oxygen atoms in total. The van der Waals surface area contributed by atoms with E-state index in [2.05, 4.69) is 4.90 Å². The van der Waals surface area contributed by atoms with Gasteiger partial charge in [0.1, 0.15) is 0 Å². The molecule has 0 atom stereocenters. The molecule has 90 valence electrons. The molecule has 2 aliphatic carbocycles. The van der Waals surface area contributed by atoms with Crippen molar-refractivity contribution in [3.63, 3.8) is 0 Å². The SMILES string of the molecule is O=C(O)c1ccc(N(C2CCC2)C2CC2)cc1. The van der Waals surface area contributed by atoms with Gasteiger partial charge >= 0.3 is 5.97 Å². The molecular weight excluding hydrogens is 214 g/mol. The van der Waals surface area contributed by atoms with E-state index in [1.807, 2.05) is 12.1 Å². The summed E-state index contributed by atoms with van der Waals surface area (Å²) in [6.45, 7) is 0. The van der Waals surface area contributed by atoms with Crippen LogP contribution in [0, 0.1) is 0 Å². The Balaban J connectivity index is 1.82. The molecule has 0 heterocycles. The Labute approximate surface area is 101 Å². The maximum atomic E-state index is 10.8. The molecule has 0 spiro atoms. The Kier molecular flexibility index (Phi) is 2.54. The molecule has 1 aromatic carbocycles. The summed E-state index contributed by atoms with van der Waals surface area (Å²) in [5, 5.41) is 8.89. The van der Waals surface area contributed by atoms with Crippen molar-refractivity contribution in [2.45, 2.75) is 44.2 Å². The Morgan fingerprint density at radius 3 is 2.06 bits per heavy atom. The molecule has 2 fully saturated rings. The summed E-state index contributed by atoms with van der Waals surface area (Å²) in [6, 6.07) is 8.74. The second kappa shape index (κ2) is 4.06. The van der Waals surface area contributed by atoms with Crippen LogP contribution in [0.15, 0.2) is 24.3 Å². The highest BCUT2D eigenvalue weighted by Crippen LogP contribution is 2.39. The van der Waals surface area contributed by atoms with Crippen LogP contribution in [0.4, 0.5) is 5.69 Å². The first-order chi connectivity index (χ1) is 8.25. The topological polar surface area (TPSA) is 40.5 Å². The van der Waals surface area contributed by atoms with Crippen molar-refractivity contribution in [1.82, 2.24) is 0 Å². The van der Waals surface area contributed by atoms with Crippen LogP contribution in [-0.2, 0) is 0 Å². The number of hydrogen-bond donors (Lipinski definition) is 1. The number of carbonyl (C=O) groups is 1. The van der Waals surface area contributed by atoms with Gasteiger partial charge in [-0.3, -0.25) is 0 Å². The third-order valence-electron chi connectivity index (χ3n) is 3.82. The fourth-order valence-electron chi connectivity index (χ4n) is 2.51. The standard InChI is InChI=1S/C14H17NO2/c16-14(17)10-4-6-12(7-5-10)15(13-8-9-13)11-2-1-3-11/h4-7,11,13H,1-3,8-9H2,(H,16,17). The highest BCUT2D eigenvalue weighted by atomic mass is 16.4. The Hall–Kier alpha value is -1.51. The first-order valence-corrected chi connectivity index (χ1v) is 6.37. The van der Waals surface area contributed by atoms with Gasteiger partial charge in [0.05, 0.1) is 5.56 Å². The average Bonchev–Trinajstić information content (AvgIpc) is 3.07. The van der Waals surface area contributed by atoms with Crippen LogP contribution in [0.2, 0.25) is 0 Å². The lowest BCUT2D eigenvalue weighted by molar-refractivity contribution is 0.0697. The van der Waals surface area contributed by atoms with Gasteiger partial charge in [-0.05, 0) is 56.4 Å². The molecule has 17 heavy (non-hydrogen) atoms. The summed E-state index contributed by atoms with van der Waals surface area (Å²) in [5.41, 5.74) is 1.57. The largest absolute Gasteiger partial charge is 0.478 e. The molecule has 1 aromatic rings. The number of benzene rings is 1. The van der Waals surface area contributed by atoms with E-state index in [4.69, 9.17) is 5.11 Å². The Bertz CT molecular complexity index is 418. The van der Waals surface area contributed by atoms with Gasteiger partial charge < -0.3 is 10.0 Å². The van der Waals surface area contributed by atoms with Gasteiger partial charge in [-0.1, -0.05) is 0 Å². The maximum Gasteiger partial charge on any atom is 0.335 e. The lowest BCUT2D eigenvalue weighted by atomic mass is 9.90. The van der Waals surface area contributed by atoms with E-state index in [1.54, 1.807) is 12.1 Å². The van der Waals surface area contributed by atoms with Gasteiger partial charge in [-0.15, -0.1) is 0 Å². The van der Waals surface area contributed by atoms with Crippen molar-refractivity contribution in [2.24, 2.45) is 0 Å². The van der Waals surface area contributed by atoms with Crippen molar-refractivity contribution in [1.29, 1.82) is 0 Å². The van der Waals surface area contributed by atoms with Gasteiger partial charge in [0.15, 0.2) is 0 Å². The minimum absolute atomic E-state index is 0.373. The predicted molar refractivity (Wildman–Crippen MR) is 66.5 cm³/mol. The summed E-state index contributed by atoms with van der Waals surface area (Å²) in [5.74, 6) is -0.849. The van der Waals surface area contributed by atoms with Crippen LogP contribution >= 0.6 is 0 Å². The molecule has 0 unspecified atom stereocenters. The van der Waals surface area contributed by atoms with Crippen molar-refractivity contribution >= 4 is 11.7 Å². The van der Waals surface area contributed by atoms with E-state index >= 15 is 0 Å². The number of carboxylic acids is 1. The molecule has 0 bridgehead atoms. The molecule has 0 aliphatic heterocycles. The summed E-state index contributed by atoms with van der Waals surface area (Å²) in [6.07, 6.45) is 6.49. The van der Waals surface area contributed by atoms with E-state index in [0.29, 0.717) is 17.6 Å². The fraction of sp³-hybridized carbons (Fsp3) is 0.500. The number of hydrogen-bond acceptors (Lipinski definition) is 2. The van der Waals surface area contributed by atoms with Crippen molar-refractivity contribution < 1.29 is 9.90 Å². The number of carboxylic acid groups (broad SMARTS) is 1. The van der Waals surface area contributed by atoms with Crippen LogP contribution in [0.5, 0.6) is 0 Å². The molecule has 2 saturated carbocycles. The molecule has 0 radical (unpaired) electrons. The van der Waals surface area contributed by atoms with Gasteiger partial charge in [0.25, 0.3) is 0 Å². The van der Waals surface area contributed by atoms with Crippen molar-refractivity contribution in [2.75, 3.05) is 4.90 Å². The van der Waals surface area contributed by atoms with Gasteiger partial charge in [0.2, 0.25) is 0 Å². The quantitative estimate of drug-likeness (QED) is 0.866. The second-order valence-electron chi connectivity index (χ2n) is 5.08. The second-order valence-corrected chi connectivity index (χ2v) is 5.08. The summed E-state index contributed by atoms with van der Waals surface area (Å²) in [4.78, 5) is 13.3. The molecule has 2 aliphatic rings. The zero-order chi connectivity index (χ0) is 11.8. The third kappa shape index (κ3) is 2.02. The molecule has 3 rings (SSSR count). The van der Waals surface area contributed by atoms with Crippen LogP contribution in [0.3, 0.4) is 0 Å². The number of nitrogens with zero attached hydrogens (tertiary/aromatic N) is 1. The van der Waals surface area contributed by atoms with Crippen LogP contribution < -0.4 is 4.90 Å². The summed E-state index contributed by atoms with van der Waals surface area (Å²) in [7, 11) is 0. The molecule has 0 amide bonds. The molecule has 0 saturated heterocycles. The van der Waals surface area contributed by atoms with Crippen molar-refractivity contribution in [3.8, 4) is 0 Å². The zero-order valence-corrected chi connectivity index (χ0v) is 9.80. The number of anilines is 1. The monoisotopic (exact) mass is 231 g/mol. The lowest BCUT2D eigenvalue weighted by Crippen LogP contribution is -2.41. The smallest absolute Gasteiger partial charge is 0.335 e. The van der Waals surface area contributed by atoms with Crippen LogP contribution in [-0.4, -0.2) is 23.2 Å². The Morgan fingerprint density at radius 1 is 1.06 bits per heavy atom. The van der Waals surface area contributed by atoms with Crippen LogP contribution in [0.1, 0.15) is 42.5 Å². The van der Waals surface area contributed by atoms with Crippen molar-refractivity contribution in [3.05, 3.63) is 29.8 Å². The zero-order valence-electron chi connectivity index (χ0n) is 9.80. The first-order valence-electron chi connectivity index (χ1n) is 6.37. The first kappa shape index (κ1) is 10.6. The van der Waals surface area contributed by atoms with E-state index in [-0.39, 0.29) is 0 Å². The fourth-order valence-corrected chi connectivity index (χ4v) is 2.51. The number of aromatic carboxylic acids is 1. The van der Waals surface area contributed by atoms with Gasteiger partial charge in [-0.2, -0.15) is 0 Å². The molecule has 3 heteroatoms. The highest BCUT2D eigenvalue weighted by molar-refractivity contribution is 5.88. The molecular formula is C14H17NO2. The summed E-state index contributed by atoms with van der Waals surface area (Å²) < 4.78 is 0. The average molecular weight is 231 g/mol. The Morgan fingerprint density at radius 2 is 1.65 bits per heavy atom. The predicted octanol–water partition coefficient (Wildman–Crippen LogP) is 2.91. The summed E-state index contributed by atoms with van der Waals surface area (Å²) >= 11 is 0. The van der Waals surface area contributed by atoms with E-state index in [1.165, 1.54) is 37.8 Å². The number of rotatable bonds is 4. The minimum atomic E-state index is -0.849. The molecule has 1 N–H and O–H groups in total. The molecule has 0 aromatic heterocycles. The van der Waals surface area contributed by atoms with Crippen LogP contribution in [0.25, 0.3) is 0 Å². The third-order valence-corrected chi connectivity index (χ3v) is 3.82. The van der Waals surface area contributed by atoms with Gasteiger partial charge in [0, 0.05) is 17.8 Å². The normalized spacial score (nSPS) is 19.8. The highest BCUT2D eigenvalue weighted by Gasteiger charge is 2.36. The minimum Gasteiger partial charge on any atom is -0.478 e. The van der Waals surface area contributed by atoms with E-state index < -0.39 is 5.97 Å². The van der Waals surface area contributed by atoms with E-state index in [0.717, 1.165) is 0 Å². The van der Waals surface area contributed by atoms with E-state index in [9.17, 15) is 4.79 Å². The maximum absolute atomic E-state index is 10.8. The lowest BCUT2D eigenvalue weighted by Gasteiger charge is -2.39.